The second kappa shape index (κ2) is 13.6. The first-order valence-electron chi connectivity index (χ1n) is 12.5. The van der Waals surface area contributed by atoms with Gasteiger partial charge in [-0.3, -0.25) is 30.2 Å². The van der Waals surface area contributed by atoms with E-state index in [0.717, 1.165) is 12.1 Å². The fourth-order valence-electron chi connectivity index (χ4n) is 3.54. The van der Waals surface area contributed by atoms with Crippen LogP contribution in [0.25, 0.3) is 0 Å². The van der Waals surface area contributed by atoms with Gasteiger partial charge >= 0.3 is 18.2 Å². The molecule has 226 valence electrons. The number of hydrogen-bond acceptors (Lipinski definition) is 7. The summed E-state index contributed by atoms with van der Waals surface area (Å²) in [4.78, 5) is 52.1. The molecule has 15 heteroatoms. The fourth-order valence-corrected chi connectivity index (χ4v) is 3.77. The maximum atomic E-state index is 13.1. The van der Waals surface area contributed by atoms with E-state index in [1.54, 1.807) is 0 Å². The Bertz CT molecular complexity index is 1700. The van der Waals surface area contributed by atoms with Gasteiger partial charge in [-0.1, -0.05) is 11.6 Å². The molecule has 0 aliphatic heterocycles. The summed E-state index contributed by atoms with van der Waals surface area (Å²) in [7, 11) is 0. The van der Waals surface area contributed by atoms with E-state index < -0.39 is 40.6 Å². The van der Waals surface area contributed by atoms with Gasteiger partial charge in [0.15, 0.2) is 0 Å². The van der Waals surface area contributed by atoms with Gasteiger partial charge < -0.3 is 20.1 Å². The van der Waals surface area contributed by atoms with E-state index in [2.05, 4.69) is 26.5 Å². The van der Waals surface area contributed by atoms with Crippen molar-refractivity contribution in [1.82, 2.24) is 15.8 Å². The van der Waals surface area contributed by atoms with Crippen molar-refractivity contribution in [2.75, 3.05) is 10.6 Å². The number of carbonyl (C=O) groups is 4. The molecule has 1 aromatic heterocycles. The molecule has 44 heavy (non-hydrogen) atoms. The van der Waals surface area contributed by atoms with Crippen molar-refractivity contribution in [3.05, 3.63) is 107 Å². The van der Waals surface area contributed by atoms with Gasteiger partial charge in [0, 0.05) is 36.1 Å². The molecule has 0 spiro atoms. The number of aromatic nitrogens is 1. The summed E-state index contributed by atoms with van der Waals surface area (Å²) in [6.07, 6.45) is -3.36. The van der Waals surface area contributed by atoms with Crippen molar-refractivity contribution in [2.45, 2.75) is 13.1 Å². The number of amides is 4. The molecule has 1 heterocycles. The Labute approximate surface area is 252 Å². The number of pyridine rings is 1. The highest BCUT2D eigenvalue weighted by Crippen LogP contribution is 2.36. The molecular formula is C29H21ClF3N5O6. The summed E-state index contributed by atoms with van der Waals surface area (Å²) < 4.78 is 49.8. The number of hydrogen-bond donors (Lipinski definition) is 4. The van der Waals surface area contributed by atoms with Gasteiger partial charge in [0.2, 0.25) is 0 Å². The number of hydrazine groups is 1. The van der Waals surface area contributed by atoms with Crippen molar-refractivity contribution in [2.24, 2.45) is 0 Å². The Hall–Kier alpha value is -5.63. The van der Waals surface area contributed by atoms with Crippen LogP contribution in [0.5, 0.6) is 17.2 Å². The van der Waals surface area contributed by atoms with Crippen LogP contribution in [0, 0.1) is 0 Å². The molecule has 0 saturated carbocycles. The summed E-state index contributed by atoms with van der Waals surface area (Å²) in [5.41, 5.74) is 3.75. The number of urea groups is 1. The first kappa shape index (κ1) is 31.3. The minimum atomic E-state index is -4.68. The summed E-state index contributed by atoms with van der Waals surface area (Å²) in [6, 6.07) is 16.7. The van der Waals surface area contributed by atoms with Crippen LogP contribution in [0.1, 0.15) is 33.3 Å². The van der Waals surface area contributed by atoms with Crippen molar-refractivity contribution in [3.63, 3.8) is 0 Å². The van der Waals surface area contributed by atoms with E-state index in [-0.39, 0.29) is 28.4 Å². The average molecular weight is 628 g/mol. The van der Waals surface area contributed by atoms with Crippen LogP contribution in [0.3, 0.4) is 0 Å². The monoisotopic (exact) mass is 627 g/mol. The second-order valence-corrected chi connectivity index (χ2v) is 9.21. The van der Waals surface area contributed by atoms with E-state index in [9.17, 15) is 32.3 Å². The summed E-state index contributed by atoms with van der Waals surface area (Å²) in [5.74, 6) is -1.04. The smallest absolute Gasteiger partial charge is 0.417 e. The molecule has 0 bridgehead atoms. The van der Waals surface area contributed by atoms with Crippen LogP contribution in [0.4, 0.5) is 29.3 Å². The van der Waals surface area contributed by atoms with Crippen molar-refractivity contribution in [3.8, 4) is 17.2 Å². The maximum absolute atomic E-state index is 13.1. The number of alkyl halides is 3. The quantitative estimate of drug-likeness (QED) is 0.108. The summed E-state index contributed by atoms with van der Waals surface area (Å²) >= 11 is 5.60. The van der Waals surface area contributed by atoms with E-state index >= 15 is 0 Å². The topological polar surface area (TPSA) is 148 Å². The van der Waals surface area contributed by atoms with Crippen LogP contribution >= 0.6 is 11.6 Å². The lowest BCUT2D eigenvalue weighted by atomic mass is 10.2. The zero-order chi connectivity index (χ0) is 31.9. The van der Waals surface area contributed by atoms with E-state index in [1.807, 2.05) is 0 Å². The number of esters is 1. The molecule has 4 aromatic rings. The standard InChI is InChI=1S/C29H21ClF3N5O6/c1-16(39)43-20-7-2-17(3-8-20)26(40)37-38-27(41)25-15-22(12-13-34-25)44-21-9-4-18(5-10-21)35-28(42)36-19-6-11-24(30)23(14-19)29(31,32)33/h2-15H,1H3,(H,37,40)(H,38,41)(H2,35,36,42). The van der Waals surface area contributed by atoms with Crippen LogP contribution in [-0.4, -0.2) is 28.8 Å². The van der Waals surface area contributed by atoms with Gasteiger partial charge in [-0.05, 0) is 72.8 Å². The van der Waals surface area contributed by atoms with Crippen LogP contribution in [-0.2, 0) is 11.0 Å². The molecule has 3 aromatic carbocycles. The molecule has 4 N–H and O–H groups in total. The van der Waals surface area contributed by atoms with Gasteiger partial charge in [0.25, 0.3) is 11.8 Å². The Morgan fingerprint density at radius 1 is 0.750 bits per heavy atom. The number of anilines is 2. The summed E-state index contributed by atoms with van der Waals surface area (Å²) in [6.45, 7) is 1.25. The zero-order valence-corrected chi connectivity index (χ0v) is 23.2. The number of rotatable bonds is 7. The lowest BCUT2D eigenvalue weighted by Crippen LogP contribution is -2.41. The molecule has 4 amide bonds. The van der Waals surface area contributed by atoms with Crippen molar-refractivity contribution in [1.29, 1.82) is 0 Å². The molecule has 0 aliphatic rings. The average Bonchev–Trinajstić information content (AvgIpc) is 2.97. The van der Waals surface area contributed by atoms with Gasteiger partial charge in [0.05, 0.1) is 10.6 Å². The van der Waals surface area contributed by atoms with Crippen LogP contribution in [0.15, 0.2) is 85.1 Å². The molecule has 0 fully saturated rings. The van der Waals surface area contributed by atoms with Crippen LogP contribution in [0.2, 0.25) is 5.02 Å². The molecule has 4 rings (SSSR count). The highest BCUT2D eigenvalue weighted by Gasteiger charge is 2.33. The highest BCUT2D eigenvalue weighted by atomic mass is 35.5. The molecule has 0 saturated heterocycles. The highest BCUT2D eigenvalue weighted by molar-refractivity contribution is 6.31. The third-order valence-corrected chi connectivity index (χ3v) is 5.84. The van der Waals surface area contributed by atoms with E-state index in [1.165, 1.54) is 79.9 Å². The first-order valence-corrected chi connectivity index (χ1v) is 12.8. The maximum Gasteiger partial charge on any atom is 0.417 e. The Morgan fingerprint density at radius 3 is 2.02 bits per heavy atom. The molecular weight excluding hydrogens is 607 g/mol. The number of nitrogens with zero attached hydrogens (tertiary/aromatic N) is 1. The number of halogens is 4. The van der Waals surface area contributed by atoms with E-state index in [4.69, 9.17) is 21.1 Å². The van der Waals surface area contributed by atoms with Gasteiger partial charge in [0.1, 0.15) is 22.9 Å². The minimum Gasteiger partial charge on any atom is -0.457 e. The second-order valence-electron chi connectivity index (χ2n) is 8.80. The molecule has 0 atom stereocenters. The molecule has 0 unspecified atom stereocenters. The van der Waals surface area contributed by atoms with E-state index in [0.29, 0.717) is 11.4 Å². The zero-order valence-electron chi connectivity index (χ0n) is 22.5. The number of carbonyl (C=O) groups excluding carboxylic acids is 4. The Morgan fingerprint density at radius 2 is 1.36 bits per heavy atom. The molecule has 0 radical (unpaired) electrons. The predicted molar refractivity (Wildman–Crippen MR) is 153 cm³/mol. The third-order valence-electron chi connectivity index (χ3n) is 5.51. The number of benzene rings is 3. The van der Waals surface area contributed by atoms with Gasteiger partial charge in [-0.15, -0.1) is 0 Å². The predicted octanol–water partition coefficient (Wildman–Crippen LogP) is 6.19. The molecule has 0 aliphatic carbocycles. The fraction of sp³-hybridized carbons (Fsp3) is 0.0690. The van der Waals surface area contributed by atoms with Crippen LogP contribution < -0.4 is 31.0 Å². The number of ether oxygens (including phenoxy) is 2. The largest absolute Gasteiger partial charge is 0.457 e. The third kappa shape index (κ3) is 8.69. The number of nitrogens with one attached hydrogen (secondary N) is 4. The van der Waals surface area contributed by atoms with Crippen molar-refractivity contribution >= 4 is 46.8 Å². The SMILES string of the molecule is CC(=O)Oc1ccc(C(=O)NNC(=O)c2cc(Oc3ccc(NC(=O)Nc4ccc(Cl)c(C(F)(F)F)c4)cc3)ccn2)cc1. The Balaban J connectivity index is 1.30. The van der Waals surface area contributed by atoms with Gasteiger partial charge in [-0.25, -0.2) is 4.79 Å². The lowest BCUT2D eigenvalue weighted by Gasteiger charge is -2.13. The summed E-state index contributed by atoms with van der Waals surface area (Å²) in [5, 5.41) is 4.30. The normalized spacial score (nSPS) is 10.8. The molecule has 11 nitrogen and oxygen atoms in total. The Kier molecular flexibility index (Phi) is 9.65. The first-order chi connectivity index (χ1) is 20.9. The minimum absolute atomic E-state index is 0.0705. The van der Waals surface area contributed by atoms with Gasteiger partial charge in [-0.2, -0.15) is 13.2 Å². The lowest BCUT2D eigenvalue weighted by molar-refractivity contribution is -0.137. The van der Waals surface area contributed by atoms with Crippen molar-refractivity contribution < 1.29 is 41.8 Å².